The van der Waals surface area contributed by atoms with E-state index in [2.05, 4.69) is 15.9 Å². The number of carbonyl (C=O) groups excluding carboxylic acids is 1. The molecule has 4 heteroatoms. The van der Waals surface area contributed by atoms with E-state index in [1.165, 1.54) is 0 Å². The van der Waals surface area contributed by atoms with Gasteiger partial charge in [0.05, 0.1) is 13.0 Å². The summed E-state index contributed by atoms with van der Waals surface area (Å²) in [5.41, 5.74) is 0.777. The molecule has 1 rings (SSSR count). The first-order chi connectivity index (χ1) is 6.63. The van der Waals surface area contributed by atoms with Crippen LogP contribution in [0.1, 0.15) is 12.5 Å². The van der Waals surface area contributed by atoms with E-state index in [4.69, 9.17) is 16.3 Å². The van der Waals surface area contributed by atoms with E-state index >= 15 is 0 Å². The zero-order valence-corrected chi connectivity index (χ0v) is 10.1. The quantitative estimate of drug-likeness (QED) is 0.793. The monoisotopic (exact) mass is 276 g/mol. The molecule has 0 amide bonds. The molecule has 0 fully saturated rings. The Balaban J connectivity index is 2.75. The minimum absolute atomic E-state index is 0.214. The van der Waals surface area contributed by atoms with E-state index in [0.717, 1.165) is 10.0 Å². The Morgan fingerprint density at radius 3 is 2.93 bits per heavy atom. The van der Waals surface area contributed by atoms with Crippen molar-refractivity contribution in [2.45, 2.75) is 13.3 Å². The average Bonchev–Trinajstić information content (AvgIpc) is 2.12. The second-order valence-corrected chi connectivity index (χ2v) is 4.04. The molecule has 0 spiro atoms. The average molecular weight is 278 g/mol. The highest BCUT2D eigenvalue weighted by molar-refractivity contribution is 9.10. The highest BCUT2D eigenvalue weighted by atomic mass is 79.9. The lowest BCUT2D eigenvalue weighted by atomic mass is 10.1. The molecule has 0 bridgehead atoms. The lowest BCUT2D eigenvalue weighted by Crippen LogP contribution is -2.07. The van der Waals surface area contributed by atoms with Gasteiger partial charge in [-0.1, -0.05) is 27.5 Å². The van der Waals surface area contributed by atoms with Gasteiger partial charge in [0, 0.05) is 9.50 Å². The van der Waals surface area contributed by atoms with Crippen molar-refractivity contribution < 1.29 is 9.53 Å². The molecule has 0 aromatic heterocycles. The normalized spacial score (nSPS) is 9.93. The van der Waals surface area contributed by atoms with E-state index in [0.29, 0.717) is 11.6 Å². The van der Waals surface area contributed by atoms with E-state index in [1.807, 2.05) is 12.1 Å². The molecule has 0 aliphatic rings. The summed E-state index contributed by atoms with van der Waals surface area (Å²) in [6, 6.07) is 5.40. The van der Waals surface area contributed by atoms with Crippen LogP contribution < -0.4 is 0 Å². The van der Waals surface area contributed by atoms with Gasteiger partial charge >= 0.3 is 5.97 Å². The second kappa shape index (κ2) is 5.37. The standard InChI is InChI=1S/C10H10BrClO2/c1-2-14-10(13)6-7-5-8(11)3-4-9(7)12/h3-5H,2,6H2,1H3. The molecule has 14 heavy (non-hydrogen) atoms. The second-order valence-electron chi connectivity index (χ2n) is 2.72. The summed E-state index contributed by atoms with van der Waals surface area (Å²) < 4.78 is 5.73. The Kier molecular flexibility index (Phi) is 4.42. The number of esters is 1. The highest BCUT2D eigenvalue weighted by Crippen LogP contribution is 2.21. The maximum Gasteiger partial charge on any atom is 0.310 e. The number of halogens is 2. The fourth-order valence-corrected chi connectivity index (χ4v) is 1.64. The van der Waals surface area contributed by atoms with Crippen molar-refractivity contribution >= 4 is 33.5 Å². The minimum atomic E-state index is -0.257. The van der Waals surface area contributed by atoms with Crippen molar-refractivity contribution in [1.82, 2.24) is 0 Å². The number of rotatable bonds is 3. The topological polar surface area (TPSA) is 26.3 Å². The number of hydrogen-bond donors (Lipinski definition) is 0. The van der Waals surface area contributed by atoms with Gasteiger partial charge < -0.3 is 4.74 Å². The zero-order chi connectivity index (χ0) is 10.6. The van der Waals surface area contributed by atoms with E-state index in [1.54, 1.807) is 13.0 Å². The van der Waals surface area contributed by atoms with E-state index < -0.39 is 0 Å². The van der Waals surface area contributed by atoms with Gasteiger partial charge in [-0.2, -0.15) is 0 Å². The smallest absolute Gasteiger partial charge is 0.310 e. The first-order valence-electron chi connectivity index (χ1n) is 4.23. The molecule has 0 aliphatic heterocycles. The Hall–Kier alpha value is -0.540. The van der Waals surface area contributed by atoms with Crippen molar-refractivity contribution in [3.8, 4) is 0 Å². The third-order valence-corrected chi connectivity index (χ3v) is 2.51. The summed E-state index contributed by atoms with van der Waals surface area (Å²) >= 11 is 9.23. The highest BCUT2D eigenvalue weighted by Gasteiger charge is 2.07. The van der Waals surface area contributed by atoms with Crippen LogP contribution in [0.2, 0.25) is 5.02 Å². The maximum absolute atomic E-state index is 11.2. The third kappa shape index (κ3) is 3.31. The van der Waals surface area contributed by atoms with Crippen LogP contribution in [0.15, 0.2) is 22.7 Å². The molecule has 0 heterocycles. The maximum atomic E-state index is 11.2. The Morgan fingerprint density at radius 1 is 1.57 bits per heavy atom. The number of carbonyl (C=O) groups is 1. The molecule has 2 nitrogen and oxygen atoms in total. The molecule has 0 unspecified atom stereocenters. The fourth-order valence-electron chi connectivity index (χ4n) is 1.05. The predicted octanol–water partition coefficient (Wildman–Crippen LogP) is 3.21. The molecular formula is C10H10BrClO2. The summed E-state index contributed by atoms with van der Waals surface area (Å²) in [6.45, 7) is 2.17. The van der Waals surface area contributed by atoms with Crippen LogP contribution in [0.3, 0.4) is 0 Å². The number of ether oxygens (including phenoxy) is 1. The van der Waals surface area contributed by atoms with Crippen LogP contribution in [0, 0.1) is 0 Å². The first kappa shape index (κ1) is 11.5. The zero-order valence-electron chi connectivity index (χ0n) is 7.72. The SMILES string of the molecule is CCOC(=O)Cc1cc(Br)ccc1Cl. The largest absolute Gasteiger partial charge is 0.466 e. The van der Waals surface area contributed by atoms with Gasteiger partial charge in [0.1, 0.15) is 0 Å². The Labute approximate surface area is 96.3 Å². The molecule has 0 atom stereocenters. The van der Waals surface area contributed by atoms with Crippen molar-refractivity contribution in [3.63, 3.8) is 0 Å². The summed E-state index contributed by atoms with van der Waals surface area (Å²) in [4.78, 5) is 11.2. The van der Waals surface area contributed by atoms with Gasteiger partial charge in [-0.25, -0.2) is 0 Å². The van der Waals surface area contributed by atoms with Gasteiger partial charge in [0.15, 0.2) is 0 Å². The van der Waals surface area contributed by atoms with Gasteiger partial charge in [-0.3, -0.25) is 4.79 Å². The van der Waals surface area contributed by atoms with Gasteiger partial charge in [-0.05, 0) is 30.7 Å². The van der Waals surface area contributed by atoms with Gasteiger partial charge in [-0.15, -0.1) is 0 Å². The number of benzene rings is 1. The van der Waals surface area contributed by atoms with Crippen molar-refractivity contribution in [3.05, 3.63) is 33.3 Å². The predicted molar refractivity (Wildman–Crippen MR) is 59.5 cm³/mol. The lowest BCUT2D eigenvalue weighted by Gasteiger charge is -2.04. The summed E-state index contributed by atoms with van der Waals surface area (Å²) in [6.07, 6.45) is 0.214. The summed E-state index contributed by atoms with van der Waals surface area (Å²) in [5, 5.41) is 0.584. The van der Waals surface area contributed by atoms with Crippen LogP contribution in [0.4, 0.5) is 0 Å². The molecule has 0 N–H and O–H groups in total. The molecule has 0 saturated heterocycles. The molecule has 1 aromatic rings. The molecular weight excluding hydrogens is 267 g/mol. The van der Waals surface area contributed by atoms with Crippen LogP contribution in [0.5, 0.6) is 0 Å². The van der Waals surface area contributed by atoms with E-state index in [9.17, 15) is 4.79 Å². The van der Waals surface area contributed by atoms with Crippen molar-refractivity contribution in [1.29, 1.82) is 0 Å². The molecule has 0 radical (unpaired) electrons. The van der Waals surface area contributed by atoms with E-state index in [-0.39, 0.29) is 12.4 Å². The minimum Gasteiger partial charge on any atom is -0.466 e. The van der Waals surface area contributed by atoms with Crippen LogP contribution in [0.25, 0.3) is 0 Å². The third-order valence-electron chi connectivity index (χ3n) is 1.65. The molecule has 1 aromatic carbocycles. The first-order valence-corrected chi connectivity index (χ1v) is 5.40. The summed E-state index contributed by atoms with van der Waals surface area (Å²) in [5.74, 6) is -0.257. The fraction of sp³-hybridized carbons (Fsp3) is 0.300. The van der Waals surface area contributed by atoms with Gasteiger partial charge in [0.25, 0.3) is 0 Å². The van der Waals surface area contributed by atoms with Crippen molar-refractivity contribution in [2.24, 2.45) is 0 Å². The Bertz CT molecular complexity index is 339. The van der Waals surface area contributed by atoms with Gasteiger partial charge in [0.2, 0.25) is 0 Å². The van der Waals surface area contributed by atoms with Crippen LogP contribution in [-0.4, -0.2) is 12.6 Å². The lowest BCUT2D eigenvalue weighted by molar-refractivity contribution is -0.142. The van der Waals surface area contributed by atoms with Crippen LogP contribution >= 0.6 is 27.5 Å². The molecule has 76 valence electrons. The van der Waals surface area contributed by atoms with Crippen molar-refractivity contribution in [2.75, 3.05) is 6.61 Å². The number of hydrogen-bond acceptors (Lipinski definition) is 2. The summed E-state index contributed by atoms with van der Waals surface area (Å²) in [7, 11) is 0. The van der Waals surface area contributed by atoms with Crippen LogP contribution in [-0.2, 0) is 16.0 Å². The molecule has 0 saturated carbocycles. The Morgan fingerprint density at radius 2 is 2.29 bits per heavy atom. The molecule has 0 aliphatic carbocycles.